The van der Waals surface area contributed by atoms with Gasteiger partial charge >= 0.3 is 12.1 Å². The first-order chi connectivity index (χ1) is 10.7. The molecule has 0 bridgehead atoms. The van der Waals surface area contributed by atoms with Crippen molar-refractivity contribution in [1.29, 1.82) is 0 Å². The number of ether oxygens (including phenoxy) is 1. The molecule has 1 saturated heterocycles. The number of hydrogen-bond donors (Lipinski definition) is 1. The minimum absolute atomic E-state index is 0.0186. The number of rotatable bonds is 3. The molecule has 1 unspecified atom stereocenters. The topological polar surface area (TPSA) is 66.8 Å². The minimum Gasteiger partial charge on any atom is -0.481 e. The van der Waals surface area contributed by atoms with Crippen molar-refractivity contribution in [1.82, 2.24) is 4.90 Å². The molecule has 2 rings (SSSR count). The van der Waals surface area contributed by atoms with Gasteiger partial charge in [-0.15, -0.1) is 0 Å². The average Bonchev–Trinajstić information content (AvgIpc) is 2.45. The van der Waals surface area contributed by atoms with Crippen molar-refractivity contribution >= 4 is 23.5 Å². The number of halogens is 4. The minimum atomic E-state index is -4.63. The fraction of sp³-hybridized carbons (Fsp3) is 0.429. The number of carboxylic acids is 1. The van der Waals surface area contributed by atoms with E-state index in [1.165, 1.54) is 4.90 Å². The molecule has 1 amide bonds. The molecule has 23 heavy (non-hydrogen) atoms. The van der Waals surface area contributed by atoms with Crippen LogP contribution in [0.3, 0.4) is 0 Å². The van der Waals surface area contributed by atoms with Crippen molar-refractivity contribution in [2.24, 2.45) is 0 Å². The van der Waals surface area contributed by atoms with E-state index in [-0.39, 0.29) is 36.8 Å². The van der Waals surface area contributed by atoms with Crippen LogP contribution in [0.4, 0.5) is 13.2 Å². The van der Waals surface area contributed by atoms with Crippen LogP contribution in [0, 0.1) is 0 Å². The van der Waals surface area contributed by atoms with E-state index in [2.05, 4.69) is 0 Å². The molecule has 1 aromatic rings. The molecule has 126 valence electrons. The fourth-order valence-corrected chi connectivity index (χ4v) is 2.57. The Kier molecular flexibility index (Phi) is 5.16. The Bertz CT molecular complexity index is 621. The molecule has 0 aliphatic carbocycles. The van der Waals surface area contributed by atoms with Gasteiger partial charge in [-0.05, 0) is 18.2 Å². The summed E-state index contributed by atoms with van der Waals surface area (Å²) < 4.78 is 43.6. The highest BCUT2D eigenvalue weighted by Gasteiger charge is 2.34. The standard InChI is InChI=1S/C14H13ClF3NO4/c15-10-4-8(3-9(5-10)14(16,17)18)13(22)19-1-2-23-7-11(19)6-12(20)21/h3-5,11H,1-2,6-7H2,(H,20,21). The third-order valence-corrected chi connectivity index (χ3v) is 3.59. The quantitative estimate of drug-likeness (QED) is 0.909. The molecule has 9 heteroatoms. The number of carboxylic acid groups (broad SMARTS) is 1. The number of nitrogens with zero attached hydrogens (tertiary/aromatic N) is 1. The van der Waals surface area contributed by atoms with Crippen LogP contribution in [0.2, 0.25) is 5.02 Å². The highest BCUT2D eigenvalue weighted by atomic mass is 35.5. The van der Waals surface area contributed by atoms with Crippen LogP contribution < -0.4 is 0 Å². The van der Waals surface area contributed by atoms with Crippen molar-refractivity contribution in [3.8, 4) is 0 Å². The van der Waals surface area contributed by atoms with Crippen molar-refractivity contribution in [3.63, 3.8) is 0 Å². The smallest absolute Gasteiger partial charge is 0.416 e. The predicted molar refractivity (Wildman–Crippen MR) is 74.4 cm³/mol. The maximum Gasteiger partial charge on any atom is 0.416 e. The van der Waals surface area contributed by atoms with Gasteiger partial charge in [0.05, 0.1) is 31.2 Å². The monoisotopic (exact) mass is 351 g/mol. The van der Waals surface area contributed by atoms with Crippen LogP contribution in [0.5, 0.6) is 0 Å². The zero-order valence-electron chi connectivity index (χ0n) is 11.8. The normalized spacial score (nSPS) is 18.8. The Balaban J connectivity index is 2.31. The van der Waals surface area contributed by atoms with Crippen molar-refractivity contribution in [2.45, 2.75) is 18.6 Å². The molecule has 1 fully saturated rings. The number of amides is 1. The van der Waals surface area contributed by atoms with E-state index < -0.39 is 29.7 Å². The highest BCUT2D eigenvalue weighted by molar-refractivity contribution is 6.31. The van der Waals surface area contributed by atoms with Crippen LogP contribution in [0.25, 0.3) is 0 Å². The molecule has 1 atom stereocenters. The van der Waals surface area contributed by atoms with Gasteiger partial charge in [0, 0.05) is 17.1 Å². The van der Waals surface area contributed by atoms with Crippen LogP contribution in [0.1, 0.15) is 22.3 Å². The van der Waals surface area contributed by atoms with Gasteiger partial charge < -0.3 is 14.7 Å². The molecule has 0 aromatic heterocycles. The maximum absolute atomic E-state index is 12.8. The number of benzene rings is 1. The Morgan fingerprint density at radius 1 is 1.35 bits per heavy atom. The second kappa shape index (κ2) is 6.76. The fourth-order valence-electron chi connectivity index (χ4n) is 2.34. The molecule has 1 aliphatic heterocycles. The first kappa shape index (κ1) is 17.6. The molecule has 1 heterocycles. The van der Waals surface area contributed by atoms with Gasteiger partial charge in [0.1, 0.15) is 0 Å². The average molecular weight is 352 g/mol. The third kappa shape index (κ3) is 4.35. The molecular formula is C14H13ClF3NO4. The van der Waals surface area contributed by atoms with Crippen LogP contribution in [-0.2, 0) is 15.7 Å². The molecular weight excluding hydrogens is 339 g/mol. The van der Waals surface area contributed by atoms with Crippen molar-refractivity contribution in [2.75, 3.05) is 19.8 Å². The number of carbonyl (C=O) groups excluding carboxylic acids is 1. The summed E-state index contributed by atoms with van der Waals surface area (Å²) in [6, 6.07) is 1.84. The zero-order valence-corrected chi connectivity index (χ0v) is 12.5. The number of morpholine rings is 1. The van der Waals surface area contributed by atoms with E-state index in [1.807, 2.05) is 0 Å². The van der Waals surface area contributed by atoms with E-state index in [4.69, 9.17) is 21.4 Å². The zero-order chi connectivity index (χ0) is 17.2. The summed E-state index contributed by atoms with van der Waals surface area (Å²) in [5.74, 6) is -1.83. The summed E-state index contributed by atoms with van der Waals surface area (Å²) >= 11 is 5.67. The van der Waals surface area contributed by atoms with E-state index in [1.54, 1.807) is 0 Å². The van der Waals surface area contributed by atoms with E-state index in [9.17, 15) is 22.8 Å². The summed E-state index contributed by atoms with van der Waals surface area (Å²) in [6.07, 6.45) is -4.98. The van der Waals surface area contributed by atoms with Crippen molar-refractivity contribution < 1.29 is 32.6 Å². The highest BCUT2D eigenvalue weighted by Crippen LogP contribution is 2.32. The Hall–Kier alpha value is -1.80. The lowest BCUT2D eigenvalue weighted by atomic mass is 10.1. The molecule has 0 radical (unpaired) electrons. The molecule has 1 N–H and O–H groups in total. The van der Waals surface area contributed by atoms with Gasteiger partial charge in [0.25, 0.3) is 5.91 Å². The van der Waals surface area contributed by atoms with Gasteiger partial charge in [0.2, 0.25) is 0 Å². The lowest BCUT2D eigenvalue weighted by molar-refractivity contribution is -0.139. The Labute approximate surface area is 134 Å². The summed E-state index contributed by atoms with van der Waals surface area (Å²) in [7, 11) is 0. The largest absolute Gasteiger partial charge is 0.481 e. The molecule has 0 saturated carbocycles. The molecule has 1 aromatic carbocycles. The van der Waals surface area contributed by atoms with E-state index >= 15 is 0 Å². The molecule has 1 aliphatic rings. The lowest BCUT2D eigenvalue weighted by Crippen LogP contribution is -2.49. The van der Waals surface area contributed by atoms with Gasteiger partial charge in [-0.1, -0.05) is 11.6 Å². The van der Waals surface area contributed by atoms with Crippen LogP contribution >= 0.6 is 11.6 Å². The van der Waals surface area contributed by atoms with Crippen molar-refractivity contribution in [3.05, 3.63) is 34.3 Å². The second-order valence-electron chi connectivity index (χ2n) is 5.05. The lowest BCUT2D eigenvalue weighted by Gasteiger charge is -2.35. The van der Waals surface area contributed by atoms with Gasteiger partial charge in [-0.3, -0.25) is 9.59 Å². The number of aliphatic carboxylic acids is 1. The predicted octanol–water partition coefficient (Wildman–Crippen LogP) is 2.67. The van der Waals surface area contributed by atoms with Gasteiger partial charge in [-0.2, -0.15) is 13.2 Å². The summed E-state index contributed by atoms with van der Waals surface area (Å²) in [4.78, 5) is 24.5. The van der Waals surface area contributed by atoms with Gasteiger partial charge in [-0.25, -0.2) is 0 Å². The Morgan fingerprint density at radius 2 is 2.04 bits per heavy atom. The van der Waals surface area contributed by atoms with E-state index in [0.717, 1.165) is 12.1 Å². The Morgan fingerprint density at radius 3 is 2.65 bits per heavy atom. The first-order valence-corrected chi connectivity index (χ1v) is 7.04. The summed E-state index contributed by atoms with van der Waals surface area (Å²) in [5, 5.41) is 8.65. The maximum atomic E-state index is 12.8. The number of alkyl halides is 3. The number of hydrogen-bond acceptors (Lipinski definition) is 3. The van der Waals surface area contributed by atoms with E-state index in [0.29, 0.717) is 6.07 Å². The molecule has 5 nitrogen and oxygen atoms in total. The third-order valence-electron chi connectivity index (χ3n) is 3.37. The van der Waals surface area contributed by atoms with Crippen LogP contribution in [-0.4, -0.2) is 47.7 Å². The van der Waals surface area contributed by atoms with Gasteiger partial charge in [0.15, 0.2) is 0 Å². The summed E-state index contributed by atoms with van der Waals surface area (Å²) in [6.45, 7) is 0.309. The van der Waals surface area contributed by atoms with Crippen LogP contribution in [0.15, 0.2) is 18.2 Å². The second-order valence-corrected chi connectivity index (χ2v) is 5.49. The first-order valence-electron chi connectivity index (χ1n) is 6.67. The summed E-state index contributed by atoms with van der Waals surface area (Å²) in [5.41, 5.74) is -1.27. The SMILES string of the molecule is O=C(O)CC1COCCN1C(=O)c1cc(Cl)cc(C(F)(F)F)c1. The number of carbonyl (C=O) groups is 2. The molecule has 0 spiro atoms.